The van der Waals surface area contributed by atoms with Crippen molar-refractivity contribution in [2.75, 3.05) is 0 Å². The van der Waals surface area contributed by atoms with Crippen molar-refractivity contribution in [1.29, 1.82) is 0 Å². The van der Waals surface area contributed by atoms with Gasteiger partial charge in [-0.05, 0) is 41.7 Å². The van der Waals surface area contributed by atoms with E-state index in [0.29, 0.717) is 11.5 Å². The van der Waals surface area contributed by atoms with Gasteiger partial charge in [0.2, 0.25) is 0 Å². The Morgan fingerprint density at radius 1 is 1.18 bits per heavy atom. The Morgan fingerprint density at radius 3 is 2.59 bits per heavy atom. The van der Waals surface area contributed by atoms with Crippen LogP contribution in [0.3, 0.4) is 0 Å². The Hall–Kier alpha value is -0.820. The molecule has 1 saturated carbocycles. The first kappa shape index (κ1) is 11.3. The van der Waals surface area contributed by atoms with Gasteiger partial charge >= 0.3 is 0 Å². The highest BCUT2D eigenvalue weighted by Crippen LogP contribution is 2.46. The van der Waals surface area contributed by atoms with Crippen molar-refractivity contribution in [2.45, 2.75) is 52.1 Å². The average molecular weight is 229 g/mol. The Bertz CT molecular complexity index is 415. The largest absolute Gasteiger partial charge is 0.307 e. The predicted octanol–water partition coefficient (Wildman–Crippen LogP) is 3.70. The van der Waals surface area contributed by atoms with Gasteiger partial charge in [0.05, 0.1) is 0 Å². The third kappa shape index (κ3) is 1.91. The van der Waals surface area contributed by atoms with Crippen LogP contribution in [0.5, 0.6) is 0 Å². The highest BCUT2D eigenvalue weighted by Gasteiger charge is 2.40. The molecule has 1 nitrogen and oxygen atoms in total. The molecule has 0 aromatic heterocycles. The lowest BCUT2D eigenvalue weighted by molar-refractivity contribution is 0.171. The average Bonchev–Trinajstić information content (AvgIpc) is 2.48. The van der Waals surface area contributed by atoms with Gasteiger partial charge in [-0.2, -0.15) is 0 Å². The molecule has 0 heterocycles. The Morgan fingerprint density at radius 2 is 1.88 bits per heavy atom. The monoisotopic (exact) mass is 229 g/mol. The van der Waals surface area contributed by atoms with Crippen LogP contribution in [0.4, 0.5) is 0 Å². The van der Waals surface area contributed by atoms with Crippen LogP contribution in [0.15, 0.2) is 24.3 Å². The summed E-state index contributed by atoms with van der Waals surface area (Å²) in [7, 11) is 0. The zero-order valence-corrected chi connectivity index (χ0v) is 11.2. The maximum Gasteiger partial charge on any atom is 0.0380 e. The molecule has 1 heteroatoms. The van der Waals surface area contributed by atoms with Crippen LogP contribution >= 0.6 is 0 Å². The van der Waals surface area contributed by atoms with E-state index in [1.165, 1.54) is 24.8 Å². The summed E-state index contributed by atoms with van der Waals surface area (Å²) in [6.45, 7) is 7.14. The maximum absolute atomic E-state index is 3.89. The van der Waals surface area contributed by atoms with Crippen molar-refractivity contribution in [1.82, 2.24) is 5.32 Å². The van der Waals surface area contributed by atoms with Gasteiger partial charge in [-0.25, -0.2) is 0 Å². The van der Waals surface area contributed by atoms with Crippen LogP contribution in [0, 0.1) is 11.3 Å². The number of benzene rings is 1. The van der Waals surface area contributed by atoms with Crippen molar-refractivity contribution < 1.29 is 0 Å². The molecule has 1 atom stereocenters. The highest BCUT2D eigenvalue weighted by atomic mass is 15.0. The Labute approximate surface area is 105 Å². The van der Waals surface area contributed by atoms with Crippen LogP contribution < -0.4 is 5.32 Å². The fourth-order valence-electron chi connectivity index (χ4n) is 3.58. The second kappa shape index (κ2) is 3.84. The van der Waals surface area contributed by atoms with Gasteiger partial charge in [0, 0.05) is 12.1 Å². The smallest absolute Gasteiger partial charge is 0.0380 e. The lowest BCUT2D eigenvalue weighted by Crippen LogP contribution is -2.45. The molecule has 3 rings (SSSR count). The number of hydrogen-bond donors (Lipinski definition) is 1. The summed E-state index contributed by atoms with van der Waals surface area (Å²) in [5.41, 5.74) is 3.45. The Kier molecular flexibility index (Phi) is 2.55. The van der Waals surface area contributed by atoms with Gasteiger partial charge in [0.25, 0.3) is 0 Å². The second-order valence-corrected chi connectivity index (χ2v) is 6.74. The molecule has 92 valence electrons. The third-order valence-corrected chi connectivity index (χ3v) is 4.57. The van der Waals surface area contributed by atoms with Crippen molar-refractivity contribution in [3.05, 3.63) is 35.4 Å². The first-order chi connectivity index (χ1) is 8.06. The normalized spacial score (nSPS) is 34.2. The van der Waals surface area contributed by atoms with Gasteiger partial charge < -0.3 is 5.32 Å². The fraction of sp³-hybridized carbons (Fsp3) is 0.625. The van der Waals surface area contributed by atoms with E-state index in [2.05, 4.69) is 50.4 Å². The molecule has 17 heavy (non-hydrogen) atoms. The molecule has 1 aromatic rings. The van der Waals surface area contributed by atoms with Crippen LogP contribution in [-0.2, 0) is 6.42 Å². The molecule has 0 amide bonds. The van der Waals surface area contributed by atoms with Gasteiger partial charge in [-0.1, -0.05) is 45.0 Å². The molecule has 0 spiro atoms. The molecule has 2 aliphatic carbocycles. The minimum absolute atomic E-state index is 0.364. The molecule has 0 aliphatic heterocycles. The van der Waals surface area contributed by atoms with E-state index in [9.17, 15) is 0 Å². The zero-order chi connectivity index (χ0) is 12.0. The van der Waals surface area contributed by atoms with E-state index in [1.54, 1.807) is 5.56 Å². The molecule has 2 aliphatic rings. The summed E-state index contributed by atoms with van der Waals surface area (Å²) in [6.07, 6.45) is 3.92. The Balaban J connectivity index is 1.82. The van der Waals surface area contributed by atoms with E-state index >= 15 is 0 Å². The fourth-order valence-corrected chi connectivity index (χ4v) is 3.58. The van der Waals surface area contributed by atoms with E-state index < -0.39 is 0 Å². The third-order valence-electron chi connectivity index (χ3n) is 4.57. The van der Waals surface area contributed by atoms with E-state index in [1.807, 2.05) is 0 Å². The lowest BCUT2D eigenvalue weighted by Gasteiger charge is -2.39. The number of fused-ring (bicyclic) bond motifs is 1. The number of hydrogen-bond acceptors (Lipinski definition) is 1. The van der Waals surface area contributed by atoms with Gasteiger partial charge in [-0.3, -0.25) is 0 Å². The quantitative estimate of drug-likeness (QED) is 0.815. The van der Waals surface area contributed by atoms with Gasteiger partial charge in [0.1, 0.15) is 0 Å². The molecule has 1 N–H and O–H groups in total. The topological polar surface area (TPSA) is 12.0 Å². The van der Waals surface area contributed by atoms with E-state index in [-0.39, 0.29) is 0 Å². The van der Waals surface area contributed by atoms with Crippen molar-refractivity contribution >= 4 is 0 Å². The lowest BCUT2D eigenvalue weighted by atomic mass is 9.78. The van der Waals surface area contributed by atoms with E-state index in [4.69, 9.17) is 0 Å². The second-order valence-electron chi connectivity index (χ2n) is 6.74. The van der Waals surface area contributed by atoms with Crippen LogP contribution in [-0.4, -0.2) is 6.04 Å². The summed E-state index contributed by atoms with van der Waals surface area (Å²) >= 11 is 0. The van der Waals surface area contributed by atoms with Crippen molar-refractivity contribution in [3.8, 4) is 0 Å². The summed E-state index contributed by atoms with van der Waals surface area (Å²) in [5, 5.41) is 3.89. The molecular formula is C16H23N. The minimum Gasteiger partial charge on any atom is -0.307 e. The van der Waals surface area contributed by atoms with Crippen molar-refractivity contribution in [2.24, 2.45) is 11.3 Å². The van der Waals surface area contributed by atoms with Crippen LogP contribution in [0.2, 0.25) is 0 Å². The number of nitrogens with one attached hydrogen (secondary N) is 1. The summed E-state index contributed by atoms with van der Waals surface area (Å²) in [4.78, 5) is 0. The molecular weight excluding hydrogens is 206 g/mol. The SMILES string of the molecule is CC1CC(NC2c3ccccc3CC2(C)C)C1. The summed E-state index contributed by atoms with van der Waals surface area (Å²) in [5.74, 6) is 0.923. The zero-order valence-electron chi connectivity index (χ0n) is 11.2. The summed E-state index contributed by atoms with van der Waals surface area (Å²) < 4.78 is 0. The predicted molar refractivity (Wildman–Crippen MR) is 72.0 cm³/mol. The van der Waals surface area contributed by atoms with Crippen molar-refractivity contribution in [3.63, 3.8) is 0 Å². The molecule has 1 fully saturated rings. The van der Waals surface area contributed by atoms with Gasteiger partial charge in [-0.15, -0.1) is 0 Å². The van der Waals surface area contributed by atoms with Crippen LogP contribution in [0.25, 0.3) is 0 Å². The molecule has 1 aromatic carbocycles. The summed E-state index contributed by atoms with van der Waals surface area (Å²) in [6, 6.07) is 10.3. The highest BCUT2D eigenvalue weighted by molar-refractivity contribution is 5.37. The molecule has 1 unspecified atom stereocenters. The number of rotatable bonds is 2. The molecule has 0 saturated heterocycles. The molecule has 0 bridgehead atoms. The van der Waals surface area contributed by atoms with Crippen LogP contribution in [0.1, 0.15) is 50.8 Å². The first-order valence-corrected chi connectivity index (χ1v) is 6.90. The molecule has 0 radical (unpaired) electrons. The first-order valence-electron chi connectivity index (χ1n) is 6.90. The minimum atomic E-state index is 0.364. The van der Waals surface area contributed by atoms with E-state index in [0.717, 1.165) is 12.0 Å². The standard InChI is InChI=1S/C16H23N/c1-11-8-13(9-11)17-15-14-7-5-4-6-12(14)10-16(15,2)3/h4-7,11,13,15,17H,8-10H2,1-3H3. The maximum atomic E-state index is 3.89. The van der Waals surface area contributed by atoms with Gasteiger partial charge in [0.15, 0.2) is 0 Å².